The molecule has 0 saturated carbocycles. The molecule has 0 aliphatic carbocycles. The van der Waals surface area contributed by atoms with Crippen LogP contribution in [0.15, 0.2) is 12.3 Å². The van der Waals surface area contributed by atoms with Gasteiger partial charge >= 0.3 is 5.69 Å². The summed E-state index contributed by atoms with van der Waals surface area (Å²) in [5.74, 6) is -0.840. The Kier molecular flexibility index (Phi) is 2.09. The number of nitrogens with zero attached hydrogens (tertiary/aromatic N) is 2. The Bertz CT molecular complexity index is 340. The van der Waals surface area contributed by atoms with E-state index in [1.807, 2.05) is 0 Å². The van der Waals surface area contributed by atoms with Gasteiger partial charge < -0.3 is 0 Å². The molecule has 0 spiro atoms. The number of aldehydes is 1. The topological polar surface area (TPSA) is 73.1 Å². The predicted octanol–water partition coefficient (Wildman–Crippen LogP) is 0.941. The molecule has 0 fully saturated rings. The number of pyridine rings is 1. The highest BCUT2D eigenvalue weighted by Gasteiger charge is 2.15. The second kappa shape index (κ2) is 3.04. The van der Waals surface area contributed by atoms with Crippen LogP contribution in [0.2, 0.25) is 0 Å². The van der Waals surface area contributed by atoms with Gasteiger partial charge in [-0.25, -0.2) is 9.37 Å². The van der Waals surface area contributed by atoms with Crippen molar-refractivity contribution < 1.29 is 14.1 Å². The van der Waals surface area contributed by atoms with Gasteiger partial charge in [0.25, 0.3) is 0 Å². The van der Waals surface area contributed by atoms with E-state index in [9.17, 15) is 19.3 Å². The first kappa shape index (κ1) is 8.25. The molecule has 5 nitrogen and oxygen atoms in total. The Hall–Kier alpha value is -1.85. The average molecular weight is 170 g/mol. The molecule has 1 rings (SSSR count). The highest BCUT2D eigenvalue weighted by Crippen LogP contribution is 2.14. The largest absolute Gasteiger partial charge is 0.301 e. The van der Waals surface area contributed by atoms with Crippen LogP contribution in [0, 0.1) is 15.9 Å². The second-order valence-corrected chi connectivity index (χ2v) is 1.93. The van der Waals surface area contributed by atoms with Crippen molar-refractivity contribution in [2.45, 2.75) is 0 Å². The third-order valence-corrected chi connectivity index (χ3v) is 1.17. The van der Waals surface area contributed by atoms with Crippen molar-refractivity contribution in [3.63, 3.8) is 0 Å². The van der Waals surface area contributed by atoms with Crippen LogP contribution in [-0.4, -0.2) is 16.2 Å². The number of halogens is 1. The molecule has 12 heavy (non-hydrogen) atoms. The average Bonchev–Trinajstić information content (AvgIpc) is 2.04. The summed E-state index contributed by atoms with van der Waals surface area (Å²) in [7, 11) is 0. The zero-order valence-electron chi connectivity index (χ0n) is 5.73. The molecule has 0 aliphatic rings. The van der Waals surface area contributed by atoms with Gasteiger partial charge in [-0.2, -0.15) is 0 Å². The van der Waals surface area contributed by atoms with E-state index in [2.05, 4.69) is 4.98 Å². The third kappa shape index (κ3) is 1.42. The maximum absolute atomic E-state index is 12.4. The molecule has 62 valence electrons. The van der Waals surface area contributed by atoms with E-state index in [4.69, 9.17) is 0 Å². The first-order valence-corrected chi connectivity index (χ1v) is 2.90. The first-order valence-electron chi connectivity index (χ1n) is 2.90. The zero-order chi connectivity index (χ0) is 9.14. The molecule has 6 heteroatoms. The molecule has 0 aliphatic heterocycles. The molecule has 0 N–H and O–H groups in total. The van der Waals surface area contributed by atoms with Crippen molar-refractivity contribution in [2.24, 2.45) is 0 Å². The second-order valence-electron chi connectivity index (χ2n) is 1.93. The molecule has 0 saturated heterocycles. The predicted molar refractivity (Wildman–Crippen MR) is 36.2 cm³/mol. The quantitative estimate of drug-likeness (QED) is 0.376. The molecule has 1 aromatic heterocycles. The fourth-order valence-corrected chi connectivity index (χ4v) is 0.676. The van der Waals surface area contributed by atoms with Crippen LogP contribution in [0.1, 0.15) is 10.5 Å². The van der Waals surface area contributed by atoms with Gasteiger partial charge in [0.05, 0.1) is 17.2 Å². The van der Waals surface area contributed by atoms with Crippen LogP contribution in [0.3, 0.4) is 0 Å². The Balaban J connectivity index is 3.30. The Morgan fingerprint density at radius 2 is 2.33 bits per heavy atom. The van der Waals surface area contributed by atoms with Crippen LogP contribution in [0.25, 0.3) is 0 Å². The highest BCUT2D eigenvalue weighted by molar-refractivity contribution is 5.78. The summed E-state index contributed by atoms with van der Waals surface area (Å²) >= 11 is 0. The van der Waals surface area contributed by atoms with Gasteiger partial charge in [0.15, 0.2) is 12.0 Å². The van der Waals surface area contributed by atoms with Crippen molar-refractivity contribution in [3.05, 3.63) is 33.9 Å². The lowest BCUT2D eigenvalue weighted by molar-refractivity contribution is -0.385. The fraction of sp³-hybridized carbons (Fsp3) is 0. The summed E-state index contributed by atoms with van der Waals surface area (Å²) in [6, 6.07) is 0.650. The van der Waals surface area contributed by atoms with Crippen molar-refractivity contribution in [3.8, 4) is 0 Å². The van der Waals surface area contributed by atoms with Crippen LogP contribution in [-0.2, 0) is 0 Å². The molecular weight excluding hydrogens is 167 g/mol. The molecule has 0 bridgehead atoms. The molecular formula is C6H3FN2O3. The lowest BCUT2D eigenvalue weighted by Crippen LogP contribution is -1.97. The van der Waals surface area contributed by atoms with Gasteiger partial charge in [-0.05, 0) is 0 Å². The van der Waals surface area contributed by atoms with Crippen molar-refractivity contribution in [1.82, 2.24) is 4.98 Å². The monoisotopic (exact) mass is 170 g/mol. The smallest absolute Gasteiger partial charge is 0.296 e. The maximum Gasteiger partial charge on any atom is 0.301 e. The van der Waals surface area contributed by atoms with E-state index in [1.54, 1.807) is 0 Å². The Morgan fingerprint density at radius 1 is 1.67 bits per heavy atom. The molecule has 0 amide bonds. The van der Waals surface area contributed by atoms with E-state index in [-0.39, 0.29) is 12.0 Å². The number of nitro groups is 1. The lowest BCUT2D eigenvalue weighted by Gasteiger charge is -1.93. The summed E-state index contributed by atoms with van der Waals surface area (Å²) in [5, 5.41) is 10.2. The van der Waals surface area contributed by atoms with Crippen molar-refractivity contribution in [2.75, 3.05) is 0 Å². The standard InChI is InChI=1S/C6H3FN2O3/c7-4-1-6(9(11)12)5(3-10)8-2-4/h1-3H. The summed E-state index contributed by atoms with van der Waals surface area (Å²) < 4.78 is 12.4. The summed E-state index contributed by atoms with van der Waals surface area (Å²) in [5.41, 5.74) is -0.994. The van der Waals surface area contributed by atoms with Crippen LogP contribution in [0.4, 0.5) is 10.1 Å². The van der Waals surface area contributed by atoms with Gasteiger partial charge in [-0.1, -0.05) is 0 Å². The van der Waals surface area contributed by atoms with Gasteiger partial charge in [0.1, 0.15) is 5.82 Å². The molecule has 1 heterocycles. The van der Waals surface area contributed by atoms with Crippen molar-refractivity contribution in [1.29, 1.82) is 0 Å². The number of hydrogen-bond donors (Lipinski definition) is 0. The number of hydrogen-bond acceptors (Lipinski definition) is 4. The minimum absolute atomic E-state index is 0.206. The summed E-state index contributed by atoms with van der Waals surface area (Å²) in [6.07, 6.45) is 0.953. The van der Waals surface area contributed by atoms with Gasteiger partial charge in [0.2, 0.25) is 0 Å². The minimum Gasteiger partial charge on any atom is -0.296 e. The molecule has 0 aromatic carbocycles. The molecule has 0 atom stereocenters. The maximum atomic E-state index is 12.4. The van der Waals surface area contributed by atoms with Crippen LogP contribution >= 0.6 is 0 Å². The van der Waals surface area contributed by atoms with E-state index >= 15 is 0 Å². The third-order valence-electron chi connectivity index (χ3n) is 1.17. The number of rotatable bonds is 2. The van der Waals surface area contributed by atoms with Gasteiger partial charge in [-0.3, -0.25) is 14.9 Å². The number of carbonyl (C=O) groups is 1. The molecule has 1 aromatic rings. The highest BCUT2D eigenvalue weighted by atomic mass is 19.1. The lowest BCUT2D eigenvalue weighted by atomic mass is 10.3. The first-order chi connectivity index (χ1) is 5.65. The van der Waals surface area contributed by atoms with Gasteiger partial charge in [0, 0.05) is 0 Å². The van der Waals surface area contributed by atoms with Gasteiger partial charge in [-0.15, -0.1) is 0 Å². The van der Waals surface area contributed by atoms with Crippen molar-refractivity contribution >= 4 is 12.0 Å². The molecule has 0 unspecified atom stereocenters. The summed E-state index contributed by atoms with van der Waals surface area (Å²) in [4.78, 5) is 22.7. The van der Waals surface area contributed by atoms with Crippen LogP contribution in [0.5, 0.6) is 0 Å². The zero-order valence-corrected chi connectivity index (χ0v) is 5.73. The number of aromatic nitrogens is 1. The summed E-state index contributed by atoms with van der Waals surface area (Å²) in [6.45, 7) is 0. The molecule has 0 radical (unpaired) electrons. The van der Waals surface area contributed by atoms with E-state index < -0.39 is 16.4 Å². The normalized spacial score (nSPS) is 9.42. The van der Waals surface area contributed by atoms with E-state index in [0.29, 0.717) is 6.07 Å². The fourth-order valence-electron chi connectivity index (χ4n) is 0.676. The van der Waals surface area contributed by atoms with E-state index in [0.717, 1.165) is 6.20 Å². The number of carbonyl (C=O) groups excluding carboxylic acids is 1. The van der Waals surface area contributed by atoms with E-state index in [1.165, 1.54) is 0 Å². The minimum atomic E-state index is -0.861. The Morgan fingerprint density at radius 3 is 2.83 bits per heavy atom. The SMILES string of the molecule is O=Cc1ncc(F)cc1[N+](=O)[O-]. The van der Waals surface area contributed by atoms with Crippen LogP contribution < -0.4 is 0 Å². The Labute approximate surface area is 66.0 Å².